The van der Waals surface area contributed by atoms with Gasteiger partial charge in [-0.1, -0.05) is 37.3 Å². The summed E-state index contributed by atoms with van der Waals surface area (Å²) in [5, 5.41) is 12.9. The molecule has 40 heavy (non-hydrogen) atoms. The van der Waals surface area contributed by atoms with Crippen LogP contribution in [0.15, 0.2) is 52.4 Å². The molecule has 0 aliphatic heterocycles. The molecular formula is C30H45N7O3. The zero-order chi connectivity index (χ0) is 30.0. The van der Waals surface area contributed by atoms with Crippen LogP contribution >= 0.6 is 0 Å². The summed E-state index contributed by atoms with van der Waals surface area (Å²) < 4.78 is 0. The summed E-state index contributed by atoms with van der Waals surface area (Å²) in [5.41, 5.74) is 15.0. The molecule has 0 aliphatic rings. The summed E-state index contributed by atoms with van der Waals surface area (Å²) in [5.74, 6) is -0.185. The number of hydrogen-bond acceptors (Lipinski definition) is 5. The van der Waals surface area contributed by atoms with Gasteiger partial charge < -0.3 is 31.7 Å². The minimum Gasteiger partial charge on any atom is -0.508 e. The number of guanidine groups is 2. The van der Waals surface area contributed by atoms with Gasteiger partial charge in [0.05, 0.1) is 6.04 Å². The molecule has 0 saturated heterocycles. The number of carbonyl (C=O) groups is 2. The van der Waals surface area contributed by atoms with Crippen LogP contribution in [0.1, 0.15) is 35.6 Å². The number of benzene rings is 2. The number of nitrogens with one attached hydrogen (secondary N) is 1. The summed E-state index contributed by atoms with van der Waals surface area (Å²) in [6, 6.07) is 12.1. The number of phenols is 1. The van der Waals surface area contributed by atoms with E-state index in [9.17, 15) is 14.7 Å². The fourth-order valence-corrected chi connectivity index (χ4v) is 4.67. The number of nitrogens with two attached hydrogens (primary N) is 2. The van der Waals surface area contributed by atoms with Gasteiger partial charge in [-0.15, -0.1) is 0 Å². The first-order valence-corrected chi connectivity index (χ1v) is 13.4. The Morgan fingerprint density at radius 2 is 1.52 bits per heavy atom. The highest BCUT2D eigenvalue weighted by Crippen LogP contribution is 2.24. The number of rotatable bonds is 12. The Balaban J connectivity index is 2.19. The molecule has 10 heteroatoms. The van der Waals surface area contributed by atoms with Gasteiger partial charge in [-0.05, 0) is 54.7 Å². The Morgan fingerprint density at radius 3 is 2.05 bits per heavy atom. The van der Waals surface area contributed by atoms with E-state index in [1.54, 1.807) is 19.1 Å². The lowest BCUT2D eigenvalue weighted by atomic mass is 9.91. The zero-order valence-electron chi connectivity index (χ0n) is 24.8. The van der Waals surface area contributed by atoms with Crippen LogP contribution in [0.3, 0.4) is 0 Å². The van der Waals surface area contributed by atoms with Gasteiger partial charge >= 0.3 is 0 Å². The first-order valence-electron chi connectivity index (χ1n) is 13.4. The number of amides is 1. The van der Waals surface area contributed by atoms with Crippen molar-refractivity contribution < 1.29 is 14.7 Å². The van der Waals surface area contributed by atoms with Crippen molar-refractivity contribution in [2.75, 3.05) is 34.7 Å². The third-order valence-corrected chi connectivity index (χ3v) is 6.63. The summed E-state index contributed by atoms with van der Waals surface area (Å²) in [6.45, 7) is 5.79. The number of nitrogens with zero attached hydrogens (tertiary/aromatic N) is 4. The Bertz CT molecular complexity index is 1170. The highest BCUT2D eigenvalue weighted by molar-refractivity contribution is 5.92. The average molecular weight is 552 g/mol. The number of aromatic hydroxyl groups is 1. The standard InChI is InChI=1S/C30H45N7O3/c1-19-13-24(38)14-20(2)25(19)17-26(35-30(36(4)5)37(6)7)27(39)15-21(3)28(40)33-18-23(34-29(31)32)16-22-11-9-8-10-12-22/h8-14,21,23,26,38H,15-18H2,1-7H3,(H,33,40)(H4,31,32,34)/t21-,23-,26-/m0/s1. The molecule has 218 valence electrons. The normalized spacial score (nSPS) is 13.0. The van der Waals surface area contributed by atoms with Crippen LogP contribution in [0, 0.1) is 19.8 Å². The van der Waals surface area contributed by atoms with Crippen LogP contribution in [0.5, 0.6) is 5.75 Å². The SMILES string of the molecule is Cc1cc(O)cc(C)c1C[C@H](N=C(N(C)C)N(C)C)C(=O)C[C@H](C)C(=O)NC[C@H](Cc1ccccc1)N=C(N)N. The summed E-state index contributed by atoms with van der Waals surface area (Å²) in [6.07, 6.45) is 0.947. The van der Waals surface area contributed by atoms with Crippen molar-refractivity contribution in [3.05, 3.63) is 64.7 Å². The van der Waals surface area contributed by atoms with E-state index >= 15 is 0 Å². The minimum absolute atomic E-state index is 0.0238. The van der Waals surface area contributed by atoms with E-state index in [1.807, 2.05) is 82.2 Å². The number of ketones is 1. The van der Waals surface area contributed by atoms with E-state index in [0.717, 1.165) is 22.3 Å². The lowest BCUT2D eigenvalue weighted by Gasteiger charge is -2.26. The van der Waals surface area contributed by atoms with Crippen molar-refractivity contribution in [2.45, 2.75) is 52.1 Å². The Morgan fingerprint density at radius 1 is 0.950 bits per heavy atom. The Hall–Kier alpha value is -4.08. The molecule has 2 rings (SSSR count). The predicted molar refractivity (Wildman–Crippen MR) is 161 cm³/mol. The van der Waals surface area contributed by atoms with Crippen molar-refractivity contribution >= 4 is 23.6 Å². The second-order valence-corrected chi connectivity index (χ2v) is 10.7. The maximum Gasteiger partial charge on any atom is 0.223 e. The van der Waals surface area contributed by atoms with E-state index < -0.39 is 12.0 Å². The first-order chi connectivity index (χ1) is 18.8. The maximum atomic E-state index is 13.6. The highest BCUT2D eigenvalue weighted by Gasteiger charge is 2.26. The van der Waals surface area contributed by atoms with Crippen LogP contribution < -0.4 is 16.8 Å². The van der Waals surface area contributed by atoms with E-state index in [4.69, 9.17) is 16.5 Å². The maximum absolute atomic E-state index is 13.6. The molecule has 0 radical (unpaired) electrons. The second-order valence-electron chi connectivity index (χ2n) is 10.7. The number of aryl methyl sites for hydroxylation is 2. The lowest BCUT2D eigenvalue weighted by molar-refractivity contribution is -0.129. The summed E-state index contributed by atoms with van der Waals surface area (Å²) in [4.78, 5) is 39.5. The molecule has 0 spiro atoms. The lowest BCUT2D eigenvalue weighted by Crippen LogP contribution is -2.40. The zero-order valence-corrected chi connectivity index (χ0v) is 24.8. The van der Waals surface area contributed by atoms with Crippen molar-refractivity contribution in [3.63, 3.8) is 0 Å². The molecule has 1 amide bonds. The van der Waals surface area contributed by atoms with Crippen LogP contribution in [0.2, 0.25) is 0 Å². The quantitative estimate of drug-likeness (QED) is 0.233. The van der Waals surface area contributed by atoms with Crippen molar-refractivity contribution in [2.24, 2.45) is 27.4 Å². The van der Waals surface area contributed by atoms with Crippen molar-refractivity contribution in [3.8, 4) is 5.75 Å². The molecular weight excluding hydrogens is 506 g/mol. The van der Waals surface area contributed by atoms with Crippen molar-refractivity contribution in [1.82, 2.24) is 15.1 Å². The topological polar surface area (TPSA) is 150 Å². The first kappa shape index (κ1) is 32.1. The Kier molecular flexibility index (Phi) is 12.0. The molecule has 10 nitrogen and oxygen atoms in total. The van der Waals surface area contributed by atoms with E-state index in [-0.39, 0.29) is 42.4 Å². The molecule has 0 aromatic heterocycles. The molecule has 3 atom stereocenters. The molecule has 2 aromatic rings. The fraction of sp³-hybridized carbons (Fsp3) is 0.467. The van der Waals surface area contributed by atoms with Gasteiger partial charge in [-0.25, -0.2) is 9.98 Å². The molecule has 6 N–H and O–H groups in total. The van der Waals surface area contributed by atoms with E-state index in [0.29, 0.717) is 18.8 Å². The van der Waals surface area contributed by atoms with Gasteiger partial charge in [0.2, 0.25) is 5.91 Å². The average Bonchev–Trinajstić information content (AvgIpc) is 2.85. The van der Waals surface area contributed by atoms with Crippen molar-refractivity contribution in [1.29, 1.82) is 0 Å². The third kappa shape index (κ3) is 9.91. The summed E-state index contributed by atoms with van der Waals surface area (Å²) in [7, 11) is 7.48. The number of phenolic OH excluding ortho intramolecular Hbond substituents is 1. The predicted octanol–water partition coefficient (Wildman–Crippen LogP) is 2.00. The van der Waals surface area contributed by atoms with Gasteiger partial charge in [0.1, 0.15) is 11.8 Å². The van der Waals surface area contributed by atoms with Gasteiger partial charge in [-0.2, -0.15) is 0 Å². The van der Waals surface area contributed by atoms with Crippen LogP contribution in [0.4, 0.5) is 0 Å². The largest absolute Gasteiger partial charge is 0.508 e. The van der Waals surface area contributed by atoms with Gasteiger partial charge in [0, 0.05) is 53.5 Å². The number of Topliss-reactive ketones (excluding diaryl/α,β-unsaturated/α-hetero) is 1. The van der Waals surface area contributed by atoms with Gasteiger partial charge in [-0.3, -0.25) is 9.59 Å². The molecule has 0 heterocycles. The van der Waals surface area contributed by atoms with E-state index in [1.165, 1.54) is 0 Å². The molecule has 0 saturated carbocycles. The van der Waals surface area contributed by atoms with E-state index in [2.05, 4.69) is 10.3 Å². The minimum atomic E-state index is -0.704. The Labute approximate surface area is 238 Å². The van der Waals surface area contributed by atoms with Crippen LogP contribution in [0.25, 0.3) is 0 Å². The third-order valence-electron chi connectivity index (χ3n) is 6.63. The number of aliphatic imine (C=N–C) groups is 2. The smallest absolute Gasteiger partial charge is 0.223 e. The van der Waals surface area contributed by atoms with Crippen LogP contribution in [-0.2, 0) is 22.4 Å². The molecule has 2 aromatic carbocycles. The summed E-state index contributed by atoms with van der Waals surface area (Å²) >= 11 is 0. The highest BCUT2D eigenvalue weighted by atomic mass is 16.3. The number of carbonyl (C=O) groups excluding carboxylic acids is 2. The fourth-order valence-electron chi connectivity index (χ4n) is 4.67. The molecule has 0 bridgehead atoms. The molecule has 0 fully saturated rings. The molecule has 0 aliphatic carbocycles. The van der Waals surface area contributed by atoms with Gasteiger partial charge in [0.25, 0.3) is 0 Å². The second kappa shape index (κ2) is 14.9. The van der Waals surface area contributed by atoms with Gasteiger partial charge in [0.15, 0.2) is 17.7 Å². The molecule has 0 unspecified atom stereocenters. The van der Waals surface area contributed by atoms with Crippen LogP contribution in [-0.4, -0.2) is 85.3 Å². The monoisotopic (exact) mass is 551 g/mol. The number of hydrogen-bond donors (Lipinski definition) is 4.